The van der Waals surface area contributed by atoms with Crippen molar-refractivity contribution < 1.29 is 41.6 Å². The molecule has 552 valence electrons. The number of hydrogen-bond acceptors (Lipinski definition) is 9. The Morgan fingerprint density at radius 2 is 0.709 bits per heavy atom. The Hall–Kier alpha value is -4.53. The van der Waals surface area contributed by atoms with Gasteiger partial charge in [-0.15, -0.1) is 0 Å². The maximum Gasteiger partial charge on any atom is 0.494 e. The molecule has 0 atom stereocenters. The zero-order chi connectivity index (χ0) is 74.2. The molecule has 0 spiro atoms. The minimum Gasteiger partial charge on any atom is -0.399 e. The molecular weight excluding hydrogens is 1620 g/mol. The van der Waals surface area contributed by atoms with Crippen molar-refractivity contribution >= 4 is 139 Å². The van der Waals surface area contributed by atoms with E-state index < -0.39 is 48.3 Å². The van der Waals surface area contributed by atoms with Gasteiger partial charge in [0.1, 0.15) is 11.6 Å². The Kier molecular flexibility index (Phi) is 33.2. The van der Waals surface area contributed by atoms with Gasteiger partial charge in [0.2, 0.25) is 0 Å². The fourth-order valence-electron chi connectivity index (χ4n) is 11.8. The summed E-state index contributed by atoms with van der Waals surface area (Å²) in [5.74, 6) is -1.03. The third kappa shape index (κ3) is 25.0. The first kappa shape index (κ1) is 84.1. The lowest BCUT2D eigenvalue weighted by Crippen LogP contribution is -2.45. The number of aryl methyl sites for hydroxylation is 2. The molecule has 3 aliphatic heterocycles. The quantitative estimate of drug-likeness (QED) is 0.0323. The van der Waals surface area contributed by atoms with Crippen LogP contribution in [0.1, 0.15) is 176 Å². The molecule has 0 radical (unpaired) electrons. The van der Waals surface area contributed by atoms with Gasteiger partial charge < -0.3 is 42.6 Å². The molecule has 0 N–H and O–H groups in total. The number of rotatable bonds is 30. The van der Waals surface area contributed by atoms with E-state index in [1.54, 1.807) is 29.2 Å². The number of nitrogens with zero attached hydrogens (tertiary/aromatic N) is 2. The number of anilines is 6. The van der Waals surface area contributed by atoms with E-state index in [0.717, 1.165) is 107 Å². The number of benzene rings is 8. The van der Waals surface area contributed by atoms with Gasteiger partial charge in [-0.1, -0.05) is 200 Å². The van der Waals surface area contributed by atoms with Gasteiger partial charge in [-0.2, -0.15) is 0 Å². The lowest BCUT2D eigenvalue weighted by molar-refractivity contribution is -0.150. The average molecular weight is 1730 g/mol. The molecule has 3 fully saturated rings. The van der Waals surface area contributed by atoms with E-state index in [9.17, 15) is 0 Å². The third-order valence-corrected chi connectivity index (χ3v) is 22.6. The van der Waals surface area contributed by atoms with Crippen molar-refractivity contribution in [2.24, 2.45) is 5.41 Å². The van der Waals surface area contributed by atoms with Crippen molar-refractivity contribution in [2.45, 2.75) is 201 Å². The van der Waals surface area contributed by atoms with Crippen LogP contribution < -0.4 is 20.7 Å². The Labute approximate surface area is 657 Å². The minimum absolute atomic E-state index is 0.212. The van der Waals surface area contributed by atoms with Gasteiger partial charge in [0, 0.05) is 63.7 Å². The van der Waals surface area contributed by atoms with Crippen LogP contribution in [-0.4, -0.2) is 69.7 Å². The van der Waals surface area contributed by atoms with Gasteiger partial charge in [0.05, 0.1) is 60.2 Å². The Morgan fingerprint density at radius 3 is 1.09 bits per heavy atom. The van der Waals surface area contributed by atoms with Crippen molar-refractivity contribution in [1.82, 2.24) is 0 Å². The number of ether oxygens (including phenoxy) is 3. The molecule has 3 aliphatic rings. The van der Waals surface area contributed by atoms with Gasteiger partial charge in [0.15, 0.2) is 0 Å². The van der Waals surface area contributed by atoms with E-state index in [1.165, 1.54) is 91.1 Å². The molecule has 0 bridgehead atoms. The fourth-order valence-corrected chi connectivity index (χ4v) is 13.2. The van der Waals surface area contributed by atoms with Crippen molar-refractivity contribution in [1.29, 1.82) is 0 Å². The van der Waals surface area contributed by atoms with Crippen LogP contribution in [0.15, 0.2) is 204 Å². The van der Waals surface area contributed by atoms with E-state index in [4.69, 9.17) is 32.8 Å². The number of unbranched alkanes of at least 4 members (excludes halogenated alkanes) is 9. The highest BCUT2D eigenvalue weighted by Gasteiger charge is 2.53. The Morgan fingerprint density at radius 1 is 0.379 bits per heavy atom. The summed E-state index contributed by atoms with van der Waals surface area (Å²) in [4.78, 5) is 3.83. The first-order valence-corrected chi connectivity index (χ1v) is 40.7. The van der Waals surface area contributed by atoms with Crippen molar-refractivity contribution in [2.75, 3.05) is 42.8 Å². The van der Waals surface area contributed by atoms with E-state index in [0.29, 0.717) is 28.6 Å². The second-order valence-electron chi connectivity index (χ2n) is 29.1. The maximum absolute atomic E-state index is 16.1. The third-order valence-electron chi connectivity index (χ3n) is 20.0. The SMILES string of the molecule is Brc1ccc(N(c2ccc(Br)cc2)c2ccc(Br)cc2)cc1.CCC1(COCCCCCCOCc2ccc(Br)cc2)COC1.CCCCCCCCc1ccc(Br)cc1.CCCCc1ccc(N(c2ccc(B3OC(C)(C)C(C)(C)O3)cc2F)c2ccc(B3OC(C)(C)C(C)(C)O3)cc2F)cc1. The molecular formula is C85H105B2Br5F2N2O7. The summed E-state index contributed by atoms with van der Waals surface area (Å²) in [5.41, 5.74) is 7.52. The van der Waals surface area contributed by atoms with Gasteiger partial charge in [-0.3, -0.25) is 0 Å². The predicted molar refractivity (Wildman–Crippen MR) is 443 cm³/mol. The second kappa shape index (κ2) is 40.6. The summed E-state index contributed by atoms with van der Waals surface area (Å²) < 4.78 is 79.0. The summed E-state index contributed by atoms with van der Waals surface area (Å²) in [5, 5.41) is 0. The van der Waals surface area contributed by atoms with Crippen LogP contribution in [0.2, 0.25) is 0 Å². The van der Waals surface area contributed by atoms with Crippen molar-refractivity contribution in [3.8, 4) is 0 Å². The predicted octanol–water partition coefficient (Wildman–Crippen LogP) is 25.1. The molecule has 0 amide bonds. The largest absolute Gasteiger partial charge is 0.494 e. The van der Waals surface area contributed by atoms with Crippen LogP contribution in [0, 0.1) is 17.0 Å². The van der Waals surface area contributed by atoms with Crippen LogP contribution in [0.4, 0.5) is 42.9 Å². The van der Waals surface area contributed by atoms with Gasteiger partial charge in [-0.05, 0) is 261 Å². The maximum atomic E-state index is 16.1. The normalized spacial score (nSPS) is 15.8. The summed E-state index contributed by atoms with van der Waals surface area (Å²) >= 11 is 17.4. The van der Waals surface area contributed by atoms with Gasteiger partial charge in [-0.25, -0.2) is 8.78 Å². The van der Waals surface area contributed by atoms with Crippen LogP contribution in [-0.2, 0) is 52.3 Å². The summed E-state index contributed by atoms with van der Waals surface area (Å²) in [6.07, 6.45) is 18.5. The second-order valence-corrected chi connectivity index (χ2v) is 33.7. The van der Waals surface area contributed by atoms with Gasteiger partial charge >= 0.3 is 14.2 Å². The molecule has 0 aliphatic carbocycles. The molecule has 103 heavy (non-hydrogen) atoms. The van der Waals surface area contributed by atoms with Gasteiger partial charge in [0.25, 0.3) is 0 Å². The van der Waals surface area contributed by atoms with E-state index in [1.807, 2.05) is 79.7 Å². The monoisotopic (exact) mass is 1720 g/mol. The first-order valence-electron chi connectivity index (χ1n) is 36.7. The molecule has 9 nitrogen and oxygen atoms in total. The smallest absolute Gasteiger partial charge is 0.399 e. The molecule has 3 heterocycles. The fraction of sp³-hybridized carbons (Fsp3) is 0.435. The van der Waals surface area contributed by atoms with E-state index in [-0.39, 0.29) is 11.4 Å². The topological polar surface area (TPSA) is 71.1 Å². The minimum atomic E-state index is -0.712. The summed E-state index contributed by atoms with van der Waals surface area (Å²) in [7, 11) is -1.42. The van der Waals surface area contributed by atoms with Crippen LogP contribution in [0.25, 0.3) is 0 Å². The zero-order valence-electron chi connectivity index (χ0n) is 62.2. The molecule has 8 aromatic rings. The molecule has 3 saturated heterocycles. The lowest BCUT2D eigenvalue weighted by atomic mass is 9.78. The zero-order valence-corrected chi connectivity index (χ0v) is 70.2. The number of hydrogen-bond donors (Lipinski definition) is 0. The molecule has 8 aromatic carbocycles. The molecule has 11 rings (SSSR count). The summed E-state index contributed by atoms with van der Waals surface area (Å²) in [6.45, 7) is 27.3. The average Bonchev–Trinajstić information content (AvgIpc) is 1.75. The number of halogens is 7. The van der Waals surface area contributed by atoms with E-state index in [2.05, 4.69) is 227 Å². The molecule has 18 heteroatoms. The summed E-state index contributed by atoms with van der Waals surface area (Å²) in [6, 6.07) is 59.5. The van der Waals surface area contributed by atoms with Crippen LogP contribution in [0.5, 0.6) is 0 Å². The van der Waals surface area contributed by atoms with Crippen molar-refractivity contribution in [3.05, 3.63) is 233 Å². The highest BCUT2D eigenvalue weighted by Crippen LogP contribution is 2.42. The highest BCUT2D eigenvalue weighted by molar-refractivity contribution is 9.11. The van der Waals surface area contributed by atoms with E-state index >= 15 is 8.78 Å². The molecule has 0 aromatic heterocycles. The highest BCUT2D eigenvalue weighted by atomic mass is 79.9. The lowest BCUT2D eigenvalue weighted by Gasteiger charge is -2.40. The van der Waals surface area contributed by atoms with Crippen LogP contribution in [0.3, 0.4) is 0 Å². The Balaban J connectivity index is 0.000000189. The molecule has 0 saturated carbocycles. The first-order chi connectivity index (χ1) is 49.2. The van der Waals surface area contributed by atoms with Crippen LogP contribution >= 0.6 is 79.6 Å². The Bertz CT molecular complexity index is 3600. The molecule has 0 unspecified atom stereocenters. The standard InChI is InChI=1S/C34H43B2F2NO4.C19H29BrO3.C18H12Br3N.C14H21Br/c1-10-11-12-23-13-17-26(18-14-23)39(29-19-15-24(21-27(29)37)35-40-31(2,3)32(4,5)41-35)30-20-16-25(22-28(30)38)36-42-33(6,7)34(8,9)43-36;1-2-19(15-23-16-19)14-22-12-6-4-3-5-11-21-13-17-7-9-18(20)10-8-17;19-13-1-7-16(8-2-13)22(17-9-3-14(20)4-10-17)18-11-5-15(21)6-12-18;1-2-3-4-5-6-7-8-13-9-11-14(15)12-10-13/h13-22H,10-12H2,1-9H3;7-10H,2-6,11-16H2,1H3;1-12H;9-12H,2-8H2,1H3. The van der Waals surface area contributed by atoms with Crippen molar-refractivity contribution in [3.63, 3.8) is 0 Å².